The van der Waals surface area contributed by atoms with E-state index >= 15 is 0 Å². The van der Waals surface area contributed by atoms with Gasteiger partial charge in [0.25, 0.3) is 5.91 Å². The summed E-state index contributed by atoms with van der Waals surface area (Å²) >= 11 is 0. The lowest BCUT2D eigenvalue weighted by Crippen LogP contribution is -2.34. The van der Waals surface area contributed by atoms with Gasteiger partial charge < -0.3 is 10.2 Å². The number of benzene rings is 2. The van der Waals surface area contributed by atoms with Gasteiger partial charge >= 0.3 is 0 Å². The lowest BCUT2D eigenvalue weighted by Gasteiger charge is -2.33. The van der Waals surface area contributed by atoms with Crippen LogP contribution in [0, 0.1) is 11.7 Å². The molecule has 148 valence electrons. The first kappa shape index (κ1) is 19.1. The number of nitrogens with zero attached hydrogens (tertiary/aromatic N) is 2. The van der Waals surface area contributed by atoms with E-state index in [-0.39, 0.29) is 11.4 Å². The van der Waals surface area contributed by atoms with Crippen molar-refractivity contribution < 1.29 is 9.18 Å². The average molecular weight is 389 g/mol. The quantitative estimate of drug-likeness (QED) is 0.673. The zero-order valence-corrected chi connectivity index (χ0v) is 16.2. The van der Waals surface area contributed by atoms with Crippen LogP contribution in [0.1, 0.15) is 28.9 Å². The summed E-state index contributed by atoms with van der Waals surface area (Å²) in [4.78, 5) is 18.9. The predicted molar refractivity (Wildman–Crippen MR) is 114 cm³/mol. The molecular formula is C24H24FN3O. The fourth-order valence-corrected chi connectivity index (χ4v) is 3.80. The van der Waals surface area contributed by atoms with E-state index in [1.807, 2.05) is 6.07 Å². The number of anilines is 2. The minimum absolute atomic E-state index is 0.156. The zero-order chi connectivity index (χ0) is 20.1. The van der Waals surface area contributed by atoms with Gasteiger partial charge in [-0.2, -0.15) is 0 Å². The summed E-state index contributed by atoms with van der Waals surface area (Å²) in [7, 11) is 0. The van der Waals surface area contributed by atoms with Gasteiger partial charge in [-0.15, -0.1) is 0 Å². The molecule has 1 fully saturated rings. The maximum absolute atomic E-state index is 13.7. The Balaban J connectivity index is 1.33. The van der Waals surface area contributed by atoms with Gasteiger partial charge in [0.2, 0.25) is 0 Å². The first-order valence-electron chi connectivity index (χ1n) is 10.00. The number of piperidine rings is 1. The lowest BCUT2D eigenvalue weighted by atomic mass is 9.90. The number of carbonyl (C=O) groups excluding carboxylic acids is 1. The number of amides is 1. The molecule has 0 spiro atoms. The highest BCUT2D eigenvalue weighted by Crippen LogP contribution is 2.25. The Morgan fingerprint density at radius 2 is 1.72 bits per heavy atom. The number of hydrogen-bond acceptors (Lipinski definition) is 3. The molecule has 0 atom stereocenters. The number of hydrogen-bond donors (Lipinski definition) is 1. The number of aromatic nitrogens is 1. The summed E-state index contributed by atoms with van der Waals surface area (Å²) in [5.74, 6) is -0.175. The van der Waals surface area contributed by atoms with Crippen LogP contribution in [0.5, 0.6) is 0 Å². The van der Waals surface area contributed by atoms with Gasteiger partial charge in [-0.1, -0.05) is 42.5 Å². The van der Waals surface area contributed by atoms with E-state index in [0.717, 1.165) is 38.0 Å². The van der Waals surface area contributed by atoms with Crippen molar-refractivity contribution in [1.82, 2.24) is 4.98 Å². The van der Waals surface area contributed by atoms with Crippen LogP contribution in [0.2, 0.25) is 0 Å². The number of para-hydroxylation sites is 1. The van der Waals surface area contributed by atoms with E-state index in [1.165, 1.54) is 17.7 Å². The van der Waals surface area contributed by atoms with Crippen molar-refractivity contribution in [3.8, 4) is 0 Å². The second-order valence-electron chi connectivity index (χ2n) is 7.46. The molecular weight excluding hydrogens is 365 g/mol. The Hall–Kier alpha value is -3.21. The molecule has 1 saturated heterocycles. The smallest absolute Gasteiger partial charge is 0.274 e. The summed E-state index contributed by atoms with van der Waals surface area (Å²) in [5, 5.41) is 2.56. The van der Waals surface area contributed by atoms with Gasteiger partial charge in [-0.05, 0) is 55.0 Å². The van der Waals surface area contributed by atoms with Gasteiger partial charge in [-0.3, -0.25) is 4.79 Å². The van der Waals surface area contributed by atoms with Gasteiger partial charge in [0.05, 0.1) is 17.6 Å². The molecule has 1 aliphatic heterocycles. The van der Waals surface area contributed by atoms with E-state index in [9.17, 15) is 9.18 Å². The number of rotatable bonds is 5. The third-order valence-electron chi connectivity index (χ3n) is 5.45. The number of halogens is 1. The maximum Gasteiger partial charge on any atom is 0.274 e. The van der Waals surface area contributed by atoms with Crippen molar-refractivity contribution in [2.24, 2.45) is 5.92 Å². The van der Waals surface area contributed by atoms with Crippen LogP contribution in [-0.2, 0) is 6.42 Å². The molecule has 4 nitrogen and oxygen atoms in total. The maximum atomic E-state index is 13.7. The van der Waals surface area contributed by atoms with Crippen molar-refractivity contribution in [1.29, 1.82) is 0 Å². The first-order valence-corrected chi connectivity index (χ1v) is 10.00. The second-order valence-corrected chi connectivity index (χ2v) is 7.46. The minimum atomic E-state index is -0.462. The normalized spacial score (nSPS) is 14.6. The number of nitrogens with one attached hydrogen (secondary N) is 1. The standard InChI is InChI=1S/C24H24FN3O/c25-21-8-4-5-9-22(21)27-24(29)23-11-10-20(17-26-23)28-14-12-19(13-15-28)16-18-6-2-1-3-7-18/h1-11,17,19H,12-16H2,(H,27,29). The number of carbonyl (C=O) groups is 1. The molecule has 1 N–H and O–H groups in total. The molecule has 0 unspecified atom stereocenters. The molecule has 4 rings (SSSR count). The molecule has 1 aromatic heterocycles. The Labute approximate surface area is 170 Å². The fourth-order valence-electron chi connectivity index (χ4n) is 3.80. The van der Waals surface area contributed by atoms with Crippen LogP contribution in [0.3, 0.4) is 0 Å². The van der Waals surface area contributed by atoms with Crippen molar-refractivity contribution in [3.63, 3.8) is 0 Å². The highest BCUT2D eigenvalue weighted by Gasteiger charge is 2.20. The van der Waals surface area contributed by atoms with E-state index in [4.69, 9.17) is 0 Å². The molecule has 0 bridgehead atoms. The van der Waals surface area contributed by atoms with Crippen LogP contribution in [0.15, 0.2) is 72.9 Å². The molecule has 29 heavy (non-hydrogen) atoms. The highest BCUT2D eigenvalue weighted by molar-refractivity contribution is 6.03. The Bertz CT molecular complexity index is 951. The molecule has 0 radical (unpaired) electrons. The summed E-state index contributed by atoms with van der Waals surface area (Å²) in [6.45, 7) is 1.97. The molecule has 2 heterocycles. The SMILES string of the molecule is O=C(Nc1ccccc1F)c1ccc(N2CCC(Cc3ccccc3)CC2)cn1. The topological polar surface area (TPSA) is 45.2 Å². The summed E-state index contributed by atoms with van der Waals surface area (Å²) in [6, 6.07) is 20.4. The van der Waals surface area contributed by atoms with E-state index < -0.39 is 11.7 Å². The van der Waals surface area contributed by atoms with Crippen molar-refractivity contribution in [2.75, 3.05) is 23.3 Å². The molecule has 1 amide bonds. The second kappa shape index (κ2) is 8.86. The minimum Gasteiger partial charge on any atom is -0.370 e. The van der Waals surface area contributed by atoms with E-state index in [2.05, 4.69) is 45.5 Å². The van der Waals surface area contributed by atoms with Crippen LogP contribution >= 0.6 is 0 Å². The van der Waals surface area contributed by atoms with E-state index in [1.54, 1.807) is 24.4 Å². The van der Waals surface area contributed by atoms with Crippen molar-refractivity contribution in [3.05, 3.63) is 90.0 Å². The molecule has 5 heteroatoms. The molecule has 1 aliphatic rings. The van der Waals surface area contributed by atoms with Crippen LogP contribution in [-0.4, -0.2) is 24.0 Å². The number of pyridine rings is 1. The largest absolute Gasteiger partial charge is 0.370 e. The molecule has 0 saturated carbocycles. The average Bonchev–Trinajstić information content (AvgIpc) is 2.77. The van der Waals surface area contributed by atoms with Crippen molar-refractivity contribution in [2.45, 2.75) is 19.3 Å². The molecule has 3 aromatic rings. The predicted octanol–water partition coefficient (Wildman–Crippen LogP) is 4.93. The molecule has 2 aromatic carbocycles. The third kappa shape index (κ3) is 4.80. The molecule has 0 aliphatic carbocycles. The monoisotopic (exact) mass is 389 g/mol. The van der Waals surface area contributed by atoms with Gasteiger partial charge in [0.1, 0.15) is 11.5 Å². The van der Waals surface area contributed by atoms with Crippen LogP contribution in [0.4, 0.5) is 15.8 Å². The van der Waals surface area contributed by atoms with E-state index in [0.29, 0.717) is 5.92 Å². The Morgan fingerprint density at radius 1 is 1.00 bits per heavy atom. The van der Waals surface area contributed by atoms with Gasteiger partial charge in [0, 0.05) is 13.1 Å². The van der Waals surface area contributed by atoms with Gasteiger partial charge in [0.15, 0.2) is 0 Å². The van der Waals surface area contributed by atoms with Gasteiger partial charge in [-0.25, -0.2) is 9.37 Å². The van der Waals surface area contributed by atoms with Crippen LogP contribution in [0.25, 0.3) is 0 Å². The Kier molecular flexibility index (Phi) is 5.84. The summed E-state index contributed by atoms with van der Waals surface area (Å²) < 4.78 is 13.7. The van der Waals surface area contributed by atoms with Crippen molar-refractivity contribution >= 4 is 17.3 Å². The lowest BCUT2D eigenvalue weighted by molar-refractivity contribution is 0.102. The summed E-state index contributed by atoms with van der Waals surface area (Å²) in [5.41, 5.74) is 2.85. The van der Waals surface area contributed by atoms with Crippen LogP contribution < -0.4 is 10.2 Å². The highest BCUT2D eigenvalue weighted by atomic mass is 19.1. The fraction of sp³-hybridized carbons (Fsp3) is 0.250. The third-order valence-corrected chi connectivity index (χ3v) is 5.45. The zero-order valence-electron chi connectivity index (χ0n) is 16.2. The summed E-state index contributed by atoms with van der Waals surface area (Å²) in [6.07, 6.45) is 5.14. The Morgan fingerprint density at radius 3 is 2.41 bits per heavy atom. The first-order chi connectivity index (χ1) is 14.2.